The van der Waals surface area contributed by atoms with Crippen LogP contribution in [0.3, 0.4) is 0 Å². The molecule has 1 aliphatic heterocycles. The van der Waals surface area contributed by atoms with Crippen LogP contribution < -0.4 is 5.56 Å². The van der Waals surface area contributed by atoms with Gasteiger partial charge in [-0.1, -0.05) is 25.1 Å². The van der Waals surface area contributed by atoms with Crippen molar-refractivity contribution in [2.24, 2.45) is 0 Å². The van der Waals surface area contributed by atoms with E-state index in [0.29, 0.717) is 10.0 Å². The Morgan fingerprint density at radius 2 is 2.11 bits per heavy atom. The van der Waals surface area contributed by atoms with E-state index in [-0.39, 0.29) is 5.56 Å². The van der Waals surface area contributed by atoms with Crippen molar-refractivity contribution in [3.63, 3.8) is 0 Å². The lowest BCUT2D eigenvalue weighted by Crippen LogP contribution is -2.22. The van der Waals surface area contributed by atoms with Gasteiger partial charge in [0.15, 0.2) is 4.77 Å². The zero-order chi connectivity index (χ0) is 12.7. The molecule has 2 heterocycles. The van der Waals surface area contributed by atoms with Gasteiger partial charge in [0.25, 0.3) is 5.56 Å². The third-order valence-corrected chi connectivity index (χ3v) is 4.47. The van der Waals surface area contributed by atoms with Crippen LogP contribution in [-0.4, -0.2) is 14.8 Å². The van der Waals surface area contributed by atoms with E-state index < -0.39 is 0 Å². The second-order valence-electron chi connectivity index (χ2n) is 4.35. The molecule has 1 aromatic heterocycles. The molecule has 0 fully saturated rings. The molecule has 0 amide bonds. The molecule has 1 aliphatic rings. The summed E-state index contributed by atoms with van der Waals surface area (Å²) in [4.78, 5) is 16.5. The van der Waals surface area contributed by atoms with Crippen LogP contribution in [0.1, 0.15) is 12.6 Å². The molecule has 0 bridgehead atoms. The van der Waals surface area contributed by atoms with E-state index in [9.17, 15) is 4.79 Å². The number of hydrogen-bond acceptors (Lipinski definition) is 3. The van der Waals surface area contributed by atoms with Crippen molar-refractivity contribution in [3.05, 3.63) is 51.2 Å². The van der Waals surface area contributed by atoms with Gasteiger partial charge in [-0.15, -0.1) is 11.8 Å². The quantitative estimate of drug-likeness (QED) is 0.814. The second kappa shape index (κ2) is 4.40. The van der Waals surface area contributed by atoms with Crippen LogP contribution in [0.15, 0.2) is 40.0 Å². The predicted molar refractivity (Wildman–Crippen MR) is 76.2 cm³/mol. The Kier molecular flexibility index (Phi) is 2.87. The second-order valence-corrected chi connectivity index (χ2v) is 6.18. The number of aromatic amines is 1. The highest BCUT2D eigenvalue weighted by Crippen LogP contribution is 2.32. The lowest BCUT2D eigenvalue weighted by atomic mass is 10.2. The molecular formula is C13H12N2OS2. The van der Waals surface area contributed by atoms with E-state index in [1.54, 1.807) is 16.3 Å². The van der Waals surface area contributed by atoms with Gasteiger partial charge in [-0.3, -0.25) is 9.36 Å². The minimum Gasteiger partial charge on any atom is -0.334 e. The summed E-state index contributed by atoms with van der Waals surface area (Å²) in [5, 5.41) is 0.435. The first-order valence-electron chi connectivity index (χ1n) is 5.77. The van der Waals surface area contributed by atoms with Gasteiger partial charge in [0.05, 0.1) is 10.6 Å². The van der Waals surface area contributed by atoms with Crippen LogP contribution in [0.4, 0.5) is 0 Å². The summed E-state index contributed by atoms with van der Waals surface area (Å²) < 4.78 is 2.04. The standard InChI is InChI=1S/C13H12N2OS2/c1-8-7-10-11(18-8)12(16)15(13(17)14-10)9-5-3-2-4-6-9/h2-6,8H,7H2,1H3,(H,14,17)/t8-/m0/s1. The number of fused-ring (bicyclic) bond motifs is 1. The van der Waals surface area contributed by atoms with Crippen LogP contribution in [-0.2, 0) is 6.42 Å². The van der Waals surface area contributed by atoms with E-state index in [1.165, 1.54) is 0 Å². The normalized spacial score (nSPS) is 17.7. The number of nitrogens with zero attached hydrogens (tertiary/aromatic N) is 1. The average Bonchev–Trinajstić information content (AvgIpc) is 2.71. The Balaban J connectivity index is 2.28. The topological polar surface area (TPSA) is 37.8 Å². The highest BCUT2D eigenvalue weighted by molar-refractivity contribution is 8.00. The van der Waals surface area contributed by atoms with Gasteiger partial charge in [0, 0.05) is 17.4 Å². The molecule has 0 unspecified atom stereocenters. The monoisotopic (exact) mass is 276 g/mol. The summed E-state index contributed by atoms with van der Waals surface area (Å²) >= 11 is 6.92. The van der Waals surface area contributed by atoms with Crippen molar-refractivity contribution in [2.75, 3.05) is 0 Å². The molecule has 1 atom stereocenters. The molecule has 0 aliphatic carbocycles. The van der Waals surface area contributed by atoms with Crippen molar-refractivity contribution in [3.8, 4) is 5.69 Å². The minimum absolute atomic E-state index is 0.00528. The van der Waals surface area contributed by atoms with Gasteiger partial charge in [0.2, 0.25) is 0 Å². The minimum atomic E-state index is -0.00528. The van der Waals surface area contributed by atoms with Gasteiger partial charge in [0.1, 0.15) is 0 Å². The lowest BCUT2D eigenvalue weighted by Gasteiger charge is -2.08. The Hall–Kier alpha value is -1.33. The summed E-state index contributed by atoms with van der Waals surface area (Å²) in [6.45, 7) is 2.12. The molecule has 3 nitrogen and oxygen atoms in total. The van der Waals surface area contributed by atoms with Crippen molar-refractivity contribution in [1.82, 2.24) is 9.55 Å². The Labute approximate surface area is 114 Å². The summed E-state index contributed by atoms with van der Waals surface area (Å²) in [7, 11) is 0. The highest BCUT2D eigenvalue weighted by atomic mass is 32.2. The first-order chi connectivity index (χ1) is 8.66. The van der Waals surface area contributed by atoms with Gasteiger partial charge in [-0.05, 0) is 24.4 Å². The van der Waals surface area contributed by atoms with Gasteiger partial charge < -0.3 is 4.98 Å². The Bertz CT molecular complexity index is 703. The molecule has 92 valence electrons. The van der Waals surface area contributed by atoms with E-state index in [0.717, 1.165) is 22.7 Å². The number of hydrogen-bond donors (Lipinski definition) is 1. The first kappa shape index (κ1) is 11.7. The third-order valence-electron chi connectivity index (χ3n) is 2.96. The van der Waals surface area contributed by atoms with Crippen LogP contribution in [0, 0.1) is 4.77 Å². The average molecular weight is 276 g/mol. The fourth-order valence-electron chi connectivity index (χ4n) is 2.17. The van der Waals surface area contributed by atoms with E-state index >= 15 is 0 Å². The maximum Gasteiger partial charge on any atom is 0.272 e. The third kappa shape index (κ3) is 1.83. The fourth-order valence-corrected chi connectivity index (χ4v) is 3.60. The van der Waals surface area contributed by atoms with Crippen molar-refractivity contribution < 1.29 is 0 Å². The lowest BCUT2D eigenvalue weighted by molar-refractivity contribution is 0.815. The molecule has 0 saturated carbocycles. The fraction of sp³-hybridized carbons (Fsp3) is 0.231. The number of nitrogens with one attached hydrogen (secondary N) is 1. The summed E-state index contributed by atoms with van der Waals surface area (Å²) in [5.74, 6) is 0. The number of para-hydroxylation sites is 1. The Morgan fingerprint density at radius 3 is 2.83 bits per heavy atom. The van der Waals surface area contributed by atoms with Crippen LogP contribution in [0.5, 0.6) is 0 Å². The predicted octanol–water partition coefficient (Wildman–Crippen LogP) is 2.93. The smallest absolute Gasteiger partial charge is 0.272 e. The maximum atomic E-state index is 12.5. The maximum absolute atomic E-state index is 12.5. The van der Waals surface area contributed by atoms with E-state index in [4.69, 9.17) is 12.2 Å². The SMILES string of the molecule is C[C@H]1Cc2[nH]c(=S)n(-c3ccccc3)c(=O)c2S1. The summed E-state index contributed by atoms with van der Waals surface area (Å²) in [6, 6.07) is 9.51. The van der Waals surface area contributed by atoms with Gasteiger partial charge in [-0.25, -0.2) is 0 Å². The number of rotatable bonds is 1. The molecule has 5 heteroatoms. The van der Waals surface area contributed by atoms with Gasteiger partial charge >= 0.3 is 0 Å². The van der Waals surface area contributed by atoms with E-state index in [1.807, 2.05) is 30.3 Å². The van der Waals surface area contributed by atoms with Crippen LogP contribution >= 0.6 is 24.0 Å². The van der Waals surface area contributed by atoms with Crippen molar-refractivity contribution >= 4 is 24.0 Å². The number of H-pyrrole nitrogens is 1. The molecule has 0 saturated heterocycles. The van der Waals surface area contributed by atoms with Crippen LogP contribution in [0.2, 0.25) is 0 Å². The van der Waals surface area contributed by atoms with Gasteiger partial charge in [-0.2, -0.15) is 0 Å². The highest BCUT2D eigenvalue weighted by Gasteiger charge is 2.24. The molecule has 1 N–H and O–H groups in total. The van der Waals surface area contributed by atoms with Crippen molar-refractivity contribution in [1.29, 1.82) is 0 Å². The number of thioether (sulfide) groups is 1. The molecule has 18 heavy (non-hydrogen) atoms. The zero-order valence-electron chi connectivity index (χ0n) is 9.84. The molecule has 2 aromatic rings. The van der Waals surface area contributed by atoms with Crippen LogP contribution in [0.25, 0.3) is 5.69 Å². The summed E-state index contributed by atoms with van der Waals surface area (Å²) in [5.41, 5.74) is 1.79. The largest absolute Gasteiger partial charge is 0.334 e. The molecule has 1 aromatic carbocycles. The molecule has 3 rings (SSSR count). The van der Waals surface area contributed by atoms with E-state index in [2.05, 4.69) is 11.9 Å². The molecule has 0 radical (unpaired) electrons. The zero-order valence-corrected chi connectivity index (χ0v) is 11.5. The summed E-state index contributed by atoms with van der Waals surface area (Å²) in [6.07, 6.45) is 0.883. The molecule has 0 spiro atoms. The van der Waals surface area contributed by atoms with Crippen molar-refractivity contribution in [2.45, 2.75) is 23.5 Å². The molecular weight excluding hydrogens is 264 g/mol. The first-order valence-corrected chi connectivity index (χ1v) is 7.06. The number of aromatic nitrogens is 2. The Morgan fingerprint density at radius 1 is 1.39 bits per heavy atom. The number of benzene rings is 1.